The van der Waals surface area contributed by atoms with Crippen LogP contribution in [0.2, 0.25) is 0 Å². The Balaban J connectivity index is 0.00000256. The van der Waals surface area contributed by atoms with Crippen LogP contribution < -0.4 is 15.8 Å². The predicted octanol–water partition coefficient (Wildman–Crippen LogP) is 2.39. The molecule has 0 fully saturated rings. The highest BCUT2D eigenvalue weighted by Gasteiger charge is 2.06. The number of nitrogens with two attached hydrogens (primary N) is 1. The molecule has 96 valence electrons. The minimum Gasteiger partial charge on any atom is -0.497 e. The first-order valence-electron chi connectivity index (χ1n) is 4.89. The molecular weight excluding hydrogens is 260 g/mol. The van der Waals surface area contributed by atoms with Gasteiger partial charge in [0.05, 0.1) is 18.5 Å². The molecule has 1 aromatic rings. The van der Waals surface area contributed by atoms with Crippen LogP contribution in [-0.2, 0) is 4.79 Å². The van der Waals surface area contributed by atoms with E-state index in [2.05, 4.69) is 5.32 Å². The maximum atomic E-state index is 11.5. The molecule has 0 aliphatic heterocycles. The lowest BCUT2D eigenvalue weighted by molar-refractivity contribution is -0.115. The molecule has 6 heteroatoms. The van der Waals surface area contributed by atoms with Gasteiger partial charge in [-0.3, -0.25) is 4.79 Å². The maximum Gasteiger partial charge on any atom is 0.225 e. The summed E-state index contributed by atoms with van der Waals surface area (Å²) in [6, 6.07) is 5.18. The Bertz CT molecular complexity index is 374. The Kier molecular flexibility index (Phi) is 7.58. The number of carbonyl (C=O) groups excluding carboxylic acids is 1. The van der Waals surface area contributed by atoms with Gasteiger partial charge in [-0.05, 0) is 18.4 Å². The predicted molar refractivity (Wildman–Crippen MR) is 76.3 cm³/mol. The quantitative estimate of drug-likeness (QED) is 0.811. The van der Waals surface area contributed by atoms with Crippen molar-refractivity contribution in [3.63, 3.8) is 0 Å². The average Bonchev–Trinajstić information content (AvgIpc) is 2.29. The molecule has 3 N–H and O–H groups in total. The van der Waals surface area contributed by atoms with Gasteiger partial charge < -0.3 is 15.8 Å². The Morgan fingerprint density at radius 3 is 2.82 bits per heavy atom. The van der Waals surface area contributed by atoms with E-state index in [9.17, 15) is 4.79 Å². The van der Waals surface area contributed by atoms with Crippen LogP contribution in [0.15, 0.2) is 18.2 Å². The maximum absolute atomic E-state index is 11.5. The molecule has 0 aliphatic carbocycles. The van der Waals surface area contributed by atoms with Gasteiger partial charge in [0.2, 0.25) is 5.91 Å². The van der Waals surface area contributed by atoms with Gasteiger partial charge in [-0.25, -0.2) is 0 Å². The number of thioether (sulfide) groups is 1. The first-order chi connectivity index (χ1) is 7.67. The first-order valence-corrected chi connectivity index (χ1v) is 6.29. The summed E-state index contributed by atoms with van der Waals surface area (Å²) in [5, 5.41) is 2.76. The molecule has 0 unspecified atom stereocenters. The summed E-state index contributed by atoms with van der Waals surface area (Å²) in [6.07, 6.45) is 2.45. The van der Waals surface area contributed by atoms with Crippen molar-refractivity contribution in [3.05, 3.63) is 18.2 Å². The molecule has 4 nitrogen and oxygen atoms in total. The molecule has 0 heterocycles. The van der Waals surface area contributed by atoms with E-state index in [0.717, 1.165) is 5.75 Å². The van der Waals surface area contributed by atoms with Gasteiger partial charge in [0, 0.05) is 18.2 Å². The third kappa shape index (κ3) is 5.19. The third-order valence-corrected chi connectivity index (χ3v) is 2.68. The number of ether oxygens (including phenoxy) is 1. The van der Waals surface area contributed by atoms with E-state index >= 15 is 0 Å². The van der Waals surface area contributed by atoms with Crippen LogP contribution in [0, 0.1) is 0 Å². The average molecular weight is 277 g/mol. The molecule has 1 aromatic carbocycles. The fraction of sp³-hybridized carbons (Fsp3) is 0.364. The largest absolute Gasteiger partial charge is 0.497 e. The number of benzene rings is 1. The number of amides is 1. The summed E-state index contributed by atoms with van der Waals surface area (Å²) in [5.41, 5.74) is 6.89. The van der Waals surface area contributed by atoms with Gasteiger partial charge in [0.1, 0.15) is 5.75 Å². The van der Waals surface area contributed by atoms with Gasteiger partial charge >= 0.3 is 0 Å². The molecule has 0 bridgehead atoms. The van der Waals surface area contributed by atoms with Gasteiger partial charge in [0.15, 0.2) is 0 Å². The number of nitrogen functional groups attached to an aromatic ring is 1. The number of hydrogen-bond donors (Lipinski definition) is 2. The number of hydrogen-bond acceptors (Lipinski definition) is 4. The van der Waals surface area contributed by atoms with Gasteiger partial charge in [-0.2, -0.15) is 11.8 Å². The summed E-state index contributed by atoms with van der Waals surface area (Å²) in [7, 11) is 1.57. The van der Waals surface area contributed by atoms with E-state index in [0.29, 0.717) is 23.5 Å². The van der Waals surface area contributed by atoms with Crippen molar-refractivity contribution in [2.75, 3.05) is 30.2 Å². The van der Waals surface area contributed by atoms with Gasteiger partial charge in [-0.15, -0.1) is 12.4 Å². The first kappa shape index (κ1) is 15.9. The van der Waals surface area contributed by atoms with Crippen LogP contribution in [0.5, 0.6) is 5.75 Å². The Morgan fingerprint density at radius 1 is 1.53 bits per heavy atom. The van der Waals surface area contributed by atoms with Crippen LogP contribution in [0.4, 0.5) is 11.4 Å². The second-order valence-corrected chi connectivity index (χ2v) is 4.23. The third-order valence-electron chi connectivity index (χ3n) is 2.07. The highest BCUT2D eigenvalue weighted by molar-refractivity contribution is 7.98. The highest BCUT2D eigenvalue weighted by Crippen LogP contribution is 2.24. The van der Waals surface area contributed by atoms with Crippen molar-refractivity contribution >= 4 is 41.5 Å². The van der Waals surface area contributed by atoms with Crippen molar-refractivity contribution < 1.29 is 9.53 Å². The second-order valence-electron chi connectivity index (χ2n) is 3.24. The van der Waals surface area contributed by atoms with Crippen LogP contribution >= 0.6 is 24.2 Å². The number of halogens is 1. The van der Waals surface area contributed by atoms with Crippen LogP contribution in [-0.4, -0.2) is 25.0 Å². The number of rotatable bonds is 5. The zero-order valence-electron chi connectivity index (χ0n) is 9.86. The van der Waals surface area contributed by atoms with Crippen LogP contribution in [0.3, 0.4) is 0 Å². The Morgan fingerprint density at radius 2 is 2.24 bits per heavy atom. The van der Waals surface area contributed by atoms with E-state index in [-0.39, 0.29) is 18.3 Å². The fourth-order valence-electron chi connectivity index (χ4n) is 1.18. The normalized spacial score (nSPS) is 9.29. The van der Waals surface area contributed by atoms with Gasteiger partial charge in [-0.1, -0.05) is 0 Å². The molecule has 0 radical (unpaired) electrons. The van der Waals surface area contributed by atoms with Crippen molar-refractivity contribution in [3.8, 4) is 5.75 Å². The molecule has 0 aromatic heterocycles. The van der Waals surface area contributed by atoms with Crippen LogP contribution in [0.25, 0.3) is 0 Å². The number of carbonyl (C=O) groups is 1. The molecule has 1 rings (SSSR count). The second kappa shape index (κ2) is 8.08. The molecule has 0 spiro atoms. The lowest BCUT2D eigenvalue weighted by Crippen LogP contribution is -2.13. The van der Waals surface area contributed by atoms with E-state index in [4.69, 9.17) is 10.5 Å². The molecule has 0 saturated heterocycles. The zero-order valence-corrected chi connectivity index (χ0v) is 11.5. The molecule has 0 saturated carbocycles. The van der Waals surface area contributed by atoms with E-state index in [1.807, 2.05) is 6.26 Å². The summed E-state index contributed by atoms with van der Waals surface area (Å²) < 4.78 is 5.06. The minimum atomic E-state index is -0.0331. The van der Waals surface area contributed by atoms with Crippen LogP contribution in [0.1, 0.15) is 6.42 Å². The lowest BCUT2D eigenvalue weighted by Gasteiger charge is -2.09. The van der Waals surface area contributed by atoms with Crippen molar-refractivity contribution in [1.29, 1.82) is 0 Å². The minimum absolute atomic E-state index is 0. The van der Waals surface area contributed by atoms with Crippen molar-refractivity contribution in [2.45, 2.75) is 6.42 Å². The molecule has 17 heavy (non-hydrogen) atoms. The standard InChI is InChI=1S/C11H16N2O2S.ClH/c1-15-8-3-4-9(12)10(7-8)13-11(14)5-6-16-2;/h3-4,7H,5-6,12H2,1-2H3,(H,13,14);1H. The number of methoxy groups -OCH3 is 1. The van der Waals surface area contributed by atoms with E-state index in [1.165, 1.54) is 0 Å². The van der Waals surface area contributed by atoms with Crippen molar-refractivity contribution in [2.24, 2.45) is 0 Å². The molecular formula is C11H17ClN2O2S. The summed E-state index contributed by atoms with van der Waals surface area (Å²) in [4.78, 5) is 11.5. The van der Waals surface area contributed by atoms with Crippen molar-refractivity contribution in [1.82, 2.24) is 0 Å². The molecule has 0 aliphatic rings. The SMILES string of the molecule is COc1ccc(N)c(NC(=O)CCSC)c1.Cl. The molecule has 1 amide bonds. The number of anilines is 2. The van der Waals surface area contributed by atoms with E-state index in [1.54, 1.807) is 37.1 Å². The Labute approximate surface area is 112 Å². The summed E-state index contributed by atoms with van der Waals surface area (Å²) in [6.45, 7) is 0. The fourth-order valence-corrected chi connectivity index (χ4v) is 1.57. The topological polar surface area (TPSA) is 64.3 Å². The zero-order chi connectivity index (χ0) is 12.0. The smallest absolute Gasteiger partial charge is 0.225 e. The summed E-state index contributed by atoms with van der Waals surface area (Å²) in [5.74, 6) is 1.44. The molecule has 0 atom stereocenters. The monoisotopic (exact) mass is 276 g/mol. The lowest BCUT2D eigenvalue weighted by atomic mass is 10.2. The summed E-state index contributed by atoms with van der Waals surface area (Å²) >= 11 is 1.64. The number of nitrogens with one attached hydrogen (secondary N) is 1. The van der Waals surface area contributed by atoms with Gasteiger partial charge in [0.25, 0.3) is 0 Å². The van der Waals surface area contributed by atoms with E-state index < -0.39 is 0 Å². The highest BCUT2D eigenvalue weighted by atomic mass is 35.5. The Hall–Kier alpha value is -1.07.